The summed E-state index contributed by atoms with van der Waals surface area (Å²) in [7, 11) is 0. The zero-order valence-electron chi connectivity index (χ0n) is 37.8. The predicted octanol–water partition coefficient (Wildman–Crippen LogP) is 14.5. The van der Waals surface area contributed by atoms with Crippen molar-refractivity contribution in [2.24, 2.45) is 0 Å². The first-order valence-electron chi connectivity index (χ1n) is 24.8. The molecule has 0 radical (unpaired) electrons. The van der Waals surface area contributed by atoms with E-state index in [1.807, 2.05) is 6.08 Å². The summed E-state index contributed by atoms with van der Waals surface area (Å²) in [6.07, 6.45) is 55.7. The lowest BCUT2D eigenvalue weighted by atomic mass is 10.0. The molecule has 0 heterocycles. The average molecular weight is 802 g/mol. The standard InChI is InChI=1S/C51H95NO5/c1-3-5-7-9-11-13-15-17-18-19-20-22-24-29-33-37-41-45-51(56)57-46-42-38-34-30-26-25-28-32-36-40-44-50(55)52-48(47-53)49(54)43-39-35-31-27-23-21-16-14-12-10-8-6-4-2/h17-18,26,30,39,43,48-49,53-54H,3-16,19-25,27-29,31-38,40-42,44-47H2,1-2H3,(H,52,55)/b18-17-,30-26-,43-39+. The molecule has 0 bridgehead atoms. The van der Waals surface area contributed by atoms with Crippen molar-refractivity contribution in [3.05, 3.63) is 36.5 Å². The quantitative estimate of drug-likeness (QED) is 0.0324. The summed E-state index contributed by atoms with van der Waals surface area (Å²) in [5.74, 6) is -0.148. The van der Waals surface area contributed by atoms with Crippen molar-refractivity contribution >= 4 is 11.9 Å². The van der Waals surface area contributed by atoms with E-state index in [4.69, 9.17) is 4.74 Å². The van der Waals surface area contributed by atoms with Crippen LogP contribution in [0, 0.1) is 0 Å². The maximum absolute atomic E-state index is 12.4. The molecule has 3 N–H and O–H groups in total. The number of amides is 1. The molecule has 57 heavy (non-hydrogen) atoms. The summed E-state index contributed by atoms with van der Waals surface area (Å²) < 4.78 is 5.43. The van der Waals surface area contributed by atoms with Gasteiger partial charge >= 0.3 is 5.97 Å². The number of unbranched alkanes of at least 4 members (excludes halogenated alkanes) is 30. The second kappa shape index (κ2) is 46.8. The number of rotatable bonds is 45. The van der Waals surface area contributed by atoms with E-state index >= 15 is 0 Å². The van der Waals surface area contributed by atoms with Crippen LogP contribution in [0.3, 0.4) is 0 Å². The van der Waals surface area contributed by atoms with E-state index in [0.717, 1.165) is 77.0 Å². The van der Waals surface area contributed by atoms with E-state index in [2.05, 4.69) is 43.5 Å². The van der Waals surface area contributed by atoms with Crippen LogP contribution < -0.4 is 5.32 Å². The average Bonchev–Trinajstić information content (AvgIpc) is 3.21. The van der Waals surface area contributed by atoms with Crippen molar-refractivity contribution in [1.29, 1.82) is 0 Å². The van der Waals surface area contributed by atoms with E-state index in [1.54, 1.807) is 6.08 Å². The number of allylic oxidation sites excluding steroid dienone is 5. The van der Waals surface area contributed by atoms with Crippen LogP contribution in [0.15, 0.2) is 36.5 Å². The molecule has 6 nitrogen and oxygen atoms in total. The number of nitrogens with one attached hydrogen (secondary N) is 1. The van der Waals surface area contributed by atoms with Gasteiger partial charge in [0, 0.05) is 12.8 Å². The first-order chi connectivity index (χ1) is 28.0. The molecule has 0 spiro atoms. The molecule has 0 aromatic carbocycles. The van der Waals surface area contributed by atoms with Crippen LogP contribution >= 0.6 is 0 Å². The van der Waals surface area contributed by atoms with Gasteiger partial charge < -0.3 is 20.3 Å². The Kier molecular flexibility index (Phi) is 45.2. The number of aliphatic hydroxyl groups excluding tert-OH is 2. The van der Waals surface area contributed by atoms with Gasteiger partial charge in [0.05, 0.1) is 25.4 Å². The summed E-state index contributed by atoms with van der Waals surface area (Å²) in [5, 5.41) is 23.0. The molecule has 0 rings (SSSR count). The number of carbonyl (C=O) groups is 2. The van der Waals surface area contributed by atoms with Gasteiger partial charge in [0.25, 0.3) is 0 Å². The van der Waals surface area contributed by atoms with Gasteiger partial charge in [-0.25, -0.2) is 0 Å². The molecule has 0 saturated heterocycles. The number of aliphatic hydroxyl groups is 2. The van der Waals surface area contributed by atoms with E-state index in [0.29, 0.717) is 19.4 Å². The maximum atomic E-state index is 12.4. The molecule has 334 valence electrons. The van der Waals surface area contributed by atoms with Crippen molar-refractivity contribution < 1.29 is 24.5 Å². The summed E-state index contributed by atoms with van der Waals surface area (Å²) in [4.78, 5) is 24.4. The Labute approximate surface area is 353 Å². The van der Waals surface area contributed by atoms with Gasteiger partial charge in [-0.05, 0) is 83.5 Å². The lowest BCUT2D eigenvalue weighted by Crippen LogP contribution is -2.45. The molecule has 2 atom stereocenters. The molecule has 0 aliphatic carbocycles. The van der Waals surface area contributed by atoms with E-state index in [9.17, 15) is 19.8 Å². The highest BCUT2D eigenvalue weighted by atomic mass is 16.5. The van der Waals surface area contributed by atoms with E-state index in [-0.39, 0.29) is 18.5 Å². The van der Waals surface area contributed by atoms with Crippen molar-refractivity contribution in [3.8, 4) is 0 Å². The van der Waals surface area contributed by atoms with Gasteiger partial charge in [-0.3, -0.25) is 9.59 Å². The van der Waals surface area contributed by atoms with Crippen LogP contribution in [0.1, 0.15) is 251 Å². The highest BCUT2D eigenvalue weighted by Gasteiger charge is 2.18. The van der Waals surface area contributed by atoms with Crippen molar-refractivity contribution in [2.45, 2.75) is 264 Å². The van der Waals surface area contributed by atoms with Gasteiger partial charge in [-0.15, -0.1) is 0 Å². The maximum Gasteiger partial charge on any atom is 0.305 e. The predicted molar refractivity (Wildman–Crippen MR) is 246 cm³/mol. The molecular weight excluding hydrogens is 707 g/mol. The molecule has 0 aliphatic rings. The summed E-state index contributed by atoms with van der Waals surface area (Å²) >= 11 is 0. The first-order valence-corrected chi connectivity index (χ1v) is 24.8. The lowest BCUT2D eigenvalue weighted by Gasteiger charge is -2.20. The van der Waals surface area contributed by atoms with Crippen molar-refractivity contribution in [1.82, 2.24) is 5.32 Å². The topological polar surface area (TPSA) is 95.9 Å². The van der Waals surface area contributed by atoms with Crippen LogP contribution in [-0.4, -0.2) is 47.4 Å². The molecule has 1 amide bonds. The van der Waals surface area contributed by atoms with Crippen LogP contribution in [0.4, 0.5) is 0 Å². The fourth-order valence-electron chi connectivity index (χ4n) is 7.27. The number of esters is 1. The zero-order chi connectivity index (χ0) is 41.5. The molecule has 0 aromatic heterocycles. The van der Waals surface area contributed by atoms with Gasteiger partial charge in [0.1, 0.15) is 0 Å². The molecule has 2 unspecified atom stereocenters. The van der Waals surface area contributed by atoms with Crippen LogP contribution in [0.5, 0.6) is 0 Å². The molecule has 6 heteroatoms. The SMILES string of the molecule is CCCCCCCC/C=C\CCCCCCCCCC(=O)OCCCC/C=C\CCCCCCC(=O)NC(CO)C(O)/C=C/CCCCCCCCCCCCC. The van der Waals surface area contributed by atoms with Gasteiger partial charge in [-0.1, -0.05) is 192 Å². The Bertz CT molecular complexity index is 931. The summed E-state index contributed by atoms with van der Waals surface area (Å²) in [5.41, 5.74) is 0. The third kappa shape index (κ3) is 43.5. The van der Waals surface area contributed by atoms with Crippen LogP contribution in [0.2, 0.25) is 0 Å². The Balaban J connectivity index is 3.56. The minimum absolute atomic E-state index is 0.0426. The zero-order valence-corrected chi connectivity index (χ0v) is 37.8. The third-order valence-electron chi connectivity index (χ3n) is 11.1. The van der Waals surface area contributed by atoms with Gasteiger partial charge in [-0.2, -0.15) is 0 Å². The highest BCUT2D eigenvalue weighted by Crippen LogP contribution is 2.14. The van der Waals surface area contributed by atoms with Gasteiger partial charge in [0.15, 0.2) is 0 Å². The third-order valence-corrected chi connectivity index (χ3v) is 11.1. The van der Waals surface area contributed by atoms with E-state index < -0.39 is 12.1 Å². The molecule has 0 aliphatic heterocycles. The van der Waals surface area contributed by atoms with Crippen molar-refractivity contribution in [3.63, 3.8) is 0 Å². The minimum Gasteiger partial charge on any atom is -0.466 e. The summed E-state index contributed by atoms with van der Waals surface area (Å²) in [6, 6.07) is -0.653. The Morgan fingerprint density at radius 2 is 0.825 bits per heavy atom. The normalized spacial score (nSPS) is 13.0. The van der Waals surface area contributed by atoms with E-state index in [1.165, 1.54) is 148 Å². The highest BCUT2D eigenvalue weighted by molar-refractivity contribution is 5.76. The lowest BCUT2D eigenvalue weighted by molar-refractivity contribution is -0.143. The fraction of sp³-hybridized carbons (Fsp3) is 0.843. The largest absolute Gasteiger partial charge is 0.466 e. The second-order valence-corrected chi connectivity index (χ2v) is 16.8. The molecule has 0 saturated carbocycles. The van der Waals surface area contributed by atoms with Crippen LogP contribution in [0.25, 0.3) is 0 Å². The second-order valence-electron chi connectivity index (χ2n) is 16.8. The minimum atomic E-state index is -0.865. The number of hydrogen-bond donors (Lipinski definition) is 3. The van der Waals surface area contributed by atoms with Crippen molar-refractivity contribution in [2.75, 3.05) is 13.2 Å². The molecule has 0 fully saturated rings. The summed E-state index contributed by atoms with van der Waals surface area (Å²) in [6.45, 7) is 4.79. The Hall–Kier alpha value is -1.92. The molecule has 0 aromatic rings. The number of ether oxygens (including phenoxy) is 1. The van der Waals surface area contributed by atoms with Crippen LogP contribution in [-0.2, 0) is 14.3 Å². The smallest absolute Gasteiger partial charge is 0.305 e. The van der Waals surface area contributed by atoms with Gasteiger partial charge in [0.2, 0.25) is 5.91 Å². The molecular formula is C51H95NO5. The first kappa shape index (κ1) is 55.1. The Morgan fingerprint density at radius 1 is 0.474 bits per heavy atom. The fourth-order valence-corrected chi connectivity index (χ4v) is 7.27. The Morgan fingerprint density at radius 3 is 1.25 bits per heavy atom. The number of hydrogen-bond acceptors (Lipinski definition) is 5. The monoisotopic (exact) mass is 802 g/mol. The number of carbonyl (C=O) groups excluding carboxylic acids is 2.